The second-order valence-electron chi connectivity index (χ2n) is 12.9. The molecule has 4 aliphatic rings. The van der Waals surface area contributed by atoms with Crippen molar-refractivity contribution in [3.05, 3.63) is 0 Å². The van der Waals surface area contributed by atoms with Crippen LogP contribution in [0.15, 0.2) is 0 Å². The van der Waals surface area contributed by atoms with E-state index in [1.165, 1.54) is 64.2 Å². The summed E-state index contributed by atoms with van der Waals surface area (Å²) in [5.74, 6) is 4.67. The van der Waals surface area contributed by atoms with Gasteiger partial charge in [-0.1, -0.05) is 47.5 Å². The Kier molecular flexibility index (Phi) is 5.95. The minimum Gasteiger partial charge on any atom is -0.393 e. The van der Waals surface area contributed by atoms with Crippen LogP contribution in [0.4, 0.5) is 0 Å². The van der Waals surface area contributed by atoms with Gasteiger partial charge in [0.2, 0.25) is 0 Å². The Morgan fingerprint density at radius 1 is 0.897 bits per heavy atom. The standard InChI is InChI=1S/C27H49NO/c1-18(2)19(3)7-6-8-20-9-10-23-25(20,4)15-13-24-26(5)14-12-22(29)17-21(26)11-16-27(23,24)28/h18-24,29H,6-17,28H2,1-5H3. The quantitative estimate of drug-likeness (QED) is 0.546. The highest BCUT2D eigenvalue weighted by molar-refractivity contribution is 5.18. The van der Waals surface area contributed by atoms with Gasteiger partial charge in [-0.3, -0.25) is 0 Å². The van der Waals surface area contributed by atoms with Gasteiger partial charge in [-0.2, -0.15) is 0 Å². The van der Waals surface area contributed by atoms with Gasteiger partial charge in [-0.05, 0) is 111 Å². The zero-order chi connectivity index (χ0) is 21.0. The molecule has 0 aromatic rings. The molecule has 0 bridgehead atoms. The molecule has 0 aromatic carbocycles. The van der Waals surface area contributed by atoms with E-state index in [2.05, 4.69) is 34.6 Å². The fourth-order valence-corrected chi connectivity index (χ4v) is 9.05. The molecule has 4 saturated carbocycles. The molecule has 9 unspecified atom stereocenters. The van der Waals surface area contributed by atoms with E-state index in [9.17, 15) is 5.11 Å². The summed E-state index contributed by atoms with van der Waals surface area (Å²) >= 11 is 0. The number of nitrogens with two attached hydrogens (primary N) is 1. The van der Waals surface area contributed by atoms with E-state index in [0.29, 0.717) is 22.7 Å². The van der Waals surface area contributed by atoms with Crippen LogP contribution in [0.1, 0.15) is 112 Å². The van der Waals surface area contributed by atoms with Crippen molar-refractivity contribution in [2.24, 2.45) is 52.1 Å². The van der Waals surface area contributed by atoms with Gasteiger partial charge in [0, 0.05) is 5.54 Å². The van der Waals surface area contributed by atoms with Crippen molar-refractivity contribution < 1.29 is 5.11 Å². The zero-order valence-electron chi connectivity index (χ0n) is 20.1. The molecule has 0 heterocycles. The van der Waals surface area contributed by atoms with Gasteiger partial charge in [-0.25, -0.2) is 0 Å². The maximum atomic E-state index is 10.3. The Morgan fingerprint density at radius 3 is 2.31 bits per heavy atom. The third-order valence-corrected chi connectivity index (χ3v) is 11.4. The maximum Gasteiger partial charge on any atom is 0.0543 e. The summed E-state index contributed by atoms with van der Waals surface area (Å²) in [6.45, 7) is 12.4. The van der Waals surface area contributed by atoms with Crippen molar-refractivity contribution in [3.8, 4) is 0 Å². The predicted molar refractivity (Wildman–Crippen MR) is 123 cm³/mol. The van der Waals surface area contributed by atoms with Crippen LogP contribution in [0.3, 0.4) is 0 Å². The highest BCUT2D eigenvalue weighted by Gasteiger charge is 2.65. The highest BCUT2D eigenvalue weighted by Crippen LogP contribution is 2.68. The van der Waals surface area contributed by atoms with Crippen LogP contribution in [0.2, 0.25) is 0 Å². The minimum absolute atomic E-state index is 0.0561. The third-order valence-electron chi connectivity index (χ3n) is 11.4. The number of hydrogen-bond acceptors (Lipinski definition) is 2. The lowest BCUT2D eigenvalue weighted by atomic mass is 9.42. The van der Waals surface area contributed by atoms with Gasteiger partial charge >= 0.3 is 0 Å². The summed E-state index contributed by atoms with van der Waals surface area (Å²) < 4.78 is 0. The molecule has 0 saturated heterocycles. The number of aliphatic hydroxyl groups is 1. The lowest BCUT2D eigenvalue weighted by Crippen LogP contribution is -2.68. The molecule has 0 aromatic heterocycles. The molecule has 168 valence electrons. The van der Waals surface area contributed by atoms with Crippen LogP contribution in [0.25, 0.3) is 0 Å². The minimum atomic E-state index is -0.0590. The Bertz CT molecular complexity index is 589. The SMILES string of the molecule is CC(C)C(C)CCCC1CCC2C1(C)CCC1C3(C)CCC(O)CC3CCC21N. The normalized spacial score (nSPS) is 50.7. The molecule has 0 aliphatic heterocycles. The van der Waals surface area contributed by atoms with Crippen molar-refractivity contribution in [2.75, 3.05) is 0 Å². The van der Waals surface area contributed by atoms with Crippen LogP contribution < -0.4 is 5.73 Å². The highest BCUT2D eigenvalue weighted by atomic mass is 16.3. The summed E-state index contributed by atoms with van der Waals surface area (Å²) in [7, 11) is 0. The predicted octanol–water partition coefficient (Wildman–Crippen LogP) is 6.55. The first-order valence-electron chi connectivity index (χ1n) is 13.1. The van der Waals surface area contributed by atoms with Gasteiger partial charge in [-0.15, -0.1) is 0 Å². The van der Waals surface area contributed by atoms with Gasteiger partial charge in [0.05, 0.1) is 6.10 Å². The fourth-order valence-electron chi connectivity index (χ4n) is 9.05. The van der Waals surface area contributed by atoms with Crippen molar-refractivity contribution >= 4 is 0 Å². The zero-order valence-corrected chi connectivity index (χ0v) is 20.1. The molecular weight excluding hydrogens is 354 g/mol. The summed E-state index contributed by atoms with van der Waals surface area (Å²) in [6.07, 6.45) is 15.4. The second kappa shape index (κ2) is 7.80. The molecule has 2 nitrogen and oxygen atoms in total. The molecule has 9 atom stereocenters. The molecule has 0 spiro atoms. The van der Waals surface area contributed by atoms with Gasteiger partial charge in [0.15, 0.2) is 0 Å². The van der Waals surface area contributed by atoms with Crippen molar-refractivity contribution in [1.82, 2.24) is 0 Å². The van der Waals surface area contributed by atoms with Crippen LogP contribution in [0, 0.1) is 46.3 Å². The van der Waals surface area contributed by atoms with E-state index in [1.807, 2.05) is 0 Å². The second-order valence-corrected chi connectivity index (χ2v) is 12.9. The summed E-state index contributed by atoms with van der Waals surface area (Å²) in [6, 6.07) is 0. The van der Waals surface area contributed by atoms with Crippen molar-refractivity contribution in [1.29, 1.82) is 0 Å². The van der Waals surface area contributed by atoms with Crippen LogP contribution in [0.5, 0.6) is 0 Å². The monoisotopic (exact) mass is 403 g/mol. The molecule has 0 amide bonds. The Hall–Kier alpha value is -0.0800. The molecular formula is C27H49NO. The van der Waals surface area contributed by atoms with E-state index in [-0.39, 0.29) is 11.6 Å². The molecule has 3 N–H and O–H groups in total. The first kappa shape index (κ1) is 22.1. The van der Waals surface area contributed by atoms with Crippen LogP contribution >= 0.6 is 0 Å². The molecule has 4 fully saturated rings. The van der Waals surface area contributed by atoms with Crippen LogP contribution in [-0.4, -0.2) is 16.7 Å². The third kappa shape index (κ3) is 3.53. The number of fused-ring (bicyclic) bond motifs is 5. The number of rotatable bonds is 5. The van der Waals surface area contributed by atoms with Crippen molar-refractivity contribution in [3.63, 3.8) is 0 Å². The summed E-state index contributed by atoms with van der Waals surface area (Å²) in [4.78, 5) is 0. The summed E-state index contributed by atoms with van der Waals surface area (Å²) in [5, 5.41) is 10.3. The number of aliphatic hydroxyl groups excluding tert-OH is 1. The Labute approximate surface area is 180 Å². The molecule has 29 heavy (non-hydrogen) atoms. The van der Waals surface area contributed by atoms with Gasteiger partial charge in [0.1, 0.15) is 0 Å². The summed E-state index contributed by atoms with van der Waals surface area (Å²) in [5.41, 5.74) is 8.38. The topological polar surface area (TPSA) is 46.2 Å². The molecule has 4 aliphatic carbocycles. The van der Waals surface area contributed by atoms with E-state index in [1.54, 1.807) is 0 Å². The lowest BCUT2D eigenvalue weighted by molar-refractivity contribution is -0.139. The first-order chi connectivity index (χ1) is 13.6. The lowest BCUT2D eigenvalue weighted by Gasteiger charge is -2.65. The fraction of sp³-hybridized carbons (Fsp3) is 1.00. The molecule has 0 radical (unpaired) electrons. The Morgan fingerprint density at radius 2 is 1.59 bits per heavy atom. The molecule has 4 rings (SSSR count). The average molecular weight is 404 g/mol. The maximum absolute atomic E-state index is 10.3. The van der Waals surface area contributed by atoms with E-state index in [0.717, 1.165) is 36.5 Å². The Balaban J connectivity index is 1.48. The molecule has 2 heteroatoms. The largest absolute Gasteiger partial charge is 0.393 e. The smallest absolute Gasteiger partial charge is 0.0543 e. The van der Waals surface area contributed by atoms with E-state index < -0.39 is 0 Å². The van der Waals surface area contributed by atoms with Crippen molar-refractivity contribution in [2.45, 2.75) is 123 Å². The van der Waals surface area contributed by atoms with Gasteiger partial charge in [0.25, 0.3) is 0 Å². The van der Waals surface area contributed by atoms with Gasteiger partial charge < -0.3 is 10.8 Å². The van der Waals surface area contributed by atoms with E-state index >= 15 is 0 Å². The average Bonchev–Trinajstić information content (AvgIpc) is 3.00. The first-order valence-corrected chi connectivity index (χ1v) is 13.1. The van der Waals surface area contributed by atoms with E-state index in [4.69, 9.17) is 5.73 Å². The van der Waals surface area contributed by atoms with Crippen LogP contribution in [-0.2, 0) is 0 Å². The number of hydrogen-bond donors (Lipinski definition) is 2.